The van der Waals surface area contributed by atoms with Crippen molar-refractivity contribution in [1.82, 2.24) is 60.0 Å². The summed E-state index contributed by atoms with van der Waals surface area (Å²) in [7, 11) is 8.52. The number of likely N-dealkylation sites (N-methyl/N-ethyl adjacent to an activating group) is 6. The van der Waals surface area contributed by atoms with Crippen LogP contribution in [0.1, 0.15) is 176 Å². The highest BCUT2D eigenvalue weighted by Crippen LogP contribution is 2.44. The van der Waals surface area contributed by atoms with E-state index < -0.39 is 173 Å². The van der Waals surface area contributed by atoms with E-state index in [4.69, 9.17) is 16.3 Å². The first-order valence-corrected chi connectivity index (χ1v) is 36.3. The van der Waals surface area contributed by atoms with Gasteiger partial charge >= 0.3 is 6.18 Å². The van der Waals surface area contributed by atoms with E-state index in [1.807, 2.05) is 6.92 Å². The number of alkyl halides is 4. The van der Waals surface area contributed by atoms with Crippen LogP contribution < -0.4 is 16.0 Å². The fourth-order valence-electron chi connectivity index (χ4n) is 15.8. The van der Waals surface area contributed by atoms with Crippen molar-refractivity contribution in [3.63, 3.8) is 0 Å². The average Bonchev–Trinajstić information content (AvgIpc) is 1.48. The monoisotopic (exact) mass is 1410 g/mol. The average molecular weight is 1410 g/mol. The van der Waals surface area contributed by atoms with Gasteiger partial charge in [0, 0.05) is 73.8 Å². The molecule has 4 saturated heterocycles. The third kappa shape index (κ3) is 18.4. The van der Waals surface area contributed by atoms with E-state index in [0.717, 1.165) is 41.9 Å². The third-order valence-corrected chi connectivity index (χ3v) is 23.2. The topological polar surface area (TPSA) is 279 Å². The second kappa shape index (κ2) is 34.4. The minimum absolute atomic E-state index is 0.00530. The lowest BCUT2D eigenvalue weighted by Gasteiger charge is -2.41. The molecule has 7 rings (SSSR count). The predicted octanol–water partition coefficient (Wildman–Crippen LogP) is 4.30. The molecule has 1 spiro atoms. The molecule has 3 aliphatic carbocycles. The second-order valence-corrected chi connectivity index (χ2v) is 30.0. The Labute approximate surface area is 581 Å². The number of ether oxygens (including phenoxy) is 1. The summed E-state index contributed by atoms with van der Waals surface area (Å²) in [5.41, 5.74) is -1.58. The zero-order chi connectivity index (χ0) is 72.4. The Morgan fingerprint density at radius 2 is 1.21 bits per heavy atom. The van der Waals surface area contributed by atoms with Gasteiger partial charge < -0.3 is 64.8 Å². The van der Waals surface area contributed by atoms with Crippen molar-refractivity contribution in [3.05, 3.63) is 0 Å². The van der Waals surface area contributed by atoms with Crippen LogP contribution in [0.3, 0.4) is 0 Å². The van der Waals surface area contributed by atoms with Crippen LogP contribution >= 0.6 is 11.6 Å². The highest BCUT2D eigenvalue weighted by atomic mass is 35.5. The molecule has 13 atom stereocenters. The number of fused-ring (bicyclic) bond motifs is 2. The first-order chi connectivity index (χ1) is 46.1. The number of hydrogen-bond acceptors (Lipinski definition) is 13. The van der Waals surface area contributed by atoms with Gasteiger partial charge in [-0.25, -0.2) is 0 Å². The highest BCUT2D eigenvalue weighted by molar-refractivity contribution is 6.21. The molecule has 7 fully saturated rings. The Balaban J connectivity index is 1.26. The number of morpholine rings is 1. The molecule has 29 heteroatoms. The zero-order valence-corrected chi connectivity index (χ0v) is 60.6. The van der Waals surface area contributed by atoms with Crippen molar-refractivity contribution in [2.24, 2.45) is 29.6 Å². The second-order valence-electron chi connectivity index (χ2n) is 29.5. The summed E-state index contributed by atoms with van der Waals surface area (Å²) < 4.78 is 47.6. The quantitative estimate of drug-likeness (QED) is 0.272. The fourth-order valence-corrected chi connectivity index (χ4v) is 16.3. The van der Waals surface area contributed by atoms with E-state index in [-0.39, 0.29) is 115 Å². The van der Waals surface area contributed by atoms with Gasteiger partial charge in [-0.15, -0.1) is 11.6 Å². The molecule has 3 N–H and O–H groups in total. The highest BCUT2D eigenvalue weighted by Gasteiger charge is 2.52. The van der Waals surface area contributed by atoms with Gasteiger partial charge in [0.05, 0.1) is 32.1 Å². The Bertz CT molecular complexity index is 2890. The molecule has 0 aromatic heterocycles. The van der Waals surface area contributed by atoms with E-state index in [9.17, 15) is 46.7 Å². The molecule has 3 saturated carbocycles. The lowest BCUT2D eigenvalue weighted by molar-refractivity contribution is -0.182. The van der Waals surface area contributed by atoms with Gasteiger partial charge in [-0.2, -0.15) is 13.2 Å². The maximum Gasteiger partial charge on any atom is 0.393 e. The number of amides is 12. The Morgan fingerprint density at radius 3 is 1.82 bits per heavy atom. The first-order valence-electron chi connectivity index (χ1n) is 35.8. The van der Waals surface area contributed by atoms with Crippen molar-refractivity contribution in [2.75, 3.05) is 88.2 Å². The number of carbonyl (C=O) groups is 12. The molecular formula is C69H110ClF3N12O13. The van der Waals surface area contributed by atoms with E-state index in [1.54, 1.807) is 20.8 Å². The molecule has 3 unspecified atom stereocenters. The summed E-state index contributed by atoms with van der Waals surface area (Å²) in [6.45, 7) is 10.4. The summed E-state index contributed by atoms with van der Waals surface area (Å²) in [5.74, 6) is -10.8. The van der Waals surface area contributed by atoms with E-state index >= 15 is 24.0 Å². The van der Waals surface area contributed by atoms with E-state index in [0.29, 0.717) is 32.1 Å². The Hall–Kier alpha value is -6.32. The number of carbonyl (C=O) groups excluding carboxylic acids is 12. The van der Waals surface area contributed by atoms with Gasteiger partial charge in [-0.3, -0.25) is 57.5 Å². The van der Waals surface area contributed by atoms with Crippen LogP contribution in [-0.4, -0.2) is 275 Å². The largest absolute Gasteiger partial charge is 0.393 e. The summed E-state index contributed by atoms with van der Waals surface area (Å²) in [6.07, 6.45) is 2.45. The van der Waals surface area contributed by atoms with Gasteiger partial charge in [0.2, 0.25) is 70.9 Å². The molecule has 12 amide bonds. The van der Waals surface area contributed by atoms with Crippen LogP contribution in [0.25, 0.3) is 0 Å². The lowest BCUT2D eigenvalue weighted by Crippen LogP contribution is -2.65. The lowest BCUT2D eigenvalue weighted by atomic mass is 9.78. The van der Waals surface area contributed by atoms with E-state index in [1.165, 1.54) is 90.4 Å². The summed E-state index contributed by atoms with van der Waals surface area (Å²) in [4.78, 5) is 190. The SMILES string of the molecule is CC[C@H](C)[C@@H]1NC(=O)[C@H](C)N(C)C(=O)C[C@@H](C(=O)N2CCOCC2)N(C)C(=O)[C@H](C(C)C)N(C)C(=O)C2(CCCC2)NC(=O)[C@@H]2CCCN2C(=O)[C@H](CCC2CCC(C(F)(F)F)C(Cl)C2)NC(=O)[C@@H](C)N(C)C(=O)[C@H](CC2CCCCC2)N(C)C(=O)[C@@H]2CCCN2C(=O)CN(C)C1=O. The van der Waals surface area contributed by atoms with Crippen molar-refractivity contribution < 1.29 is 75.4 Å². The molecular weight excluding hydrogens is 1300 g/mol. The standard InChI is InChI=1S/C69H110ClF3N12O13/c1-13-42(4)56-65(95)77(7)40-55(87)84-31-20-24-51(84)62(92)80(10)52(38-45-21-15-14-16-22-45)63(93)79(9)44(6)58(88)74-49(28-26-46-25-27-47(48(70)37-46)69(71,72)73)61(91)85-32-19-23-50(85)60(90)76-68(29-17-18-30-68)67(97)82(12)57(41(2)3)66(96)81(11)53(64(94)83-33-35-98-36-34-83)39-54(86)78(8)43(5)59(89)75-56/h41-53,56-57H,13-40H2,1-12H3,(H,74,88)(H,75,89)(H,76,90)/t42-,43-,44+,46?,47?,48?,49-,50-,51-,52-,53-,56-,57-/m0/s1. The summed E-state index contributed by atoms with van der Waals surface area (Å²) in [6, 6.07) is -11.1. The van der Waals surface area contributed by atoms with Crippen molar-refractivity contribution >= 4 is 82.5 Å². The molecule has 0 radical (unpaired) electrons. The van der Waals surface area contributed by atoms with Crippen LogP contribution in [0.2, 0.25) is 0 Å². The van der Waals surface area contributed by atoms with Gasteiger partial charge in [-0.05, 0) is 115 Å². The number of nitrogens with zero attached hydrogens (tertiary/aromatic N) is 9. The fraction of sp³-hybridized carbons (Fsp3) is 0.826. The van der Waals surface area contributed by atoms with Crippen LogP contribution in [-0.2, 0) is 62.3 Å². The predicted molar refractivity (Wildman–Crippen MR) is 358 cm³/mol. The number of hydrogen-bond donors (Lipinski definition) is 3. The molecule has 0 bridgehead atoms. The molecule has 0 aromatic rings. The van der Waals surface area contributed by atoms with Gasteiger partial charge in [-0.1, -0.05) is 79.1 Å². The maximum atomic E-state index is 15.4. The molecule has 4 aliphatic heterocycles. The number of halogens is 4. The molecule has 0 aromatic carbocycles. The number of nitrogens with one attached hydrogen (secondary N) is 3. The minimum Gasteiger partial charge on any atom is -0.378 e. The van der Waals surface area contributed by atoms with Crippen LogP contribution in [0, 0.1) is 29.6 Å². The van der Waals surface area contributed by atoms with Gasteiger partial charge in [0.1, 0.15) is 59.9 Å². The number of rotatable bonds is 9. The third-order valence-electron chi connectivity index (χ3n) is 22.7. The van der Waals surface area contributed by atoms with Crippen molar-refractivity contribution in [2.45, 2.75) is 248 Å². The van der Waals surface area contributed by atoms with Gasteiger partial charge in [0.15, 0.2) is 0 Å². The molecule has 552 valence electrons. The molecule has 98 heavy (non-hydrogen) atoms. The zero-order valence-electron chi connectivity index (χ0n) is 59.8. The summed E-state index contributed by atoms with van der Waals surface area (Å²) in [5, 5.41) is 7.51. The molecule has 4 heterocycles. The minimum atomic E-state index is -4.51. The van der Waals surface area contributed by atoms with Crippen molar-refractivity contribution in [1.29, 1.82) is 0 Å². The normalized spacial score (nSPS) is 31.4. The van der Waals surface area contributed by atoms with Crippen LogP contribution in [0.15, 0.2) is 0 Å². The smallest absolute Gasteiger partial charge is 0.378 e. The van der Waals surface area contributed by atoms with Crippen LogP contribution in [0.4, 0.5) is 13.2 Å². The summed E-state index contributed by atoms with van der Waals surface area (Å²) >= 11 is 6.41. The Morgan fingerprint density at radius 1 is 0.612 bits per heavy atom. The van der Waals surface area contributed by atoms with Crippen LogP contribution in [0.5, 0.6) is 0 Å². The molecule has 25 nitrogen and oxygen atoms in total. The Kier molecular flexibility index (Phi) is 27.7. The van der Waals surface area contributed by atoms with Gasteiger partial charge in [0.25, 0.3) is 0 Å². The molecule has 7 aliphatic rings. The maximum absolute atomic E-state index is 15.4. The van der Waals surface area contributed by atoms with Crippen molar-refractivity contribution in [3.8, 4) is 0 Å². The van der Waals surface area contributed by atoms with E-state index in [2.05, 4.69) is 16.0 Å². The first kappa shape index (κ1) is 79.0.